The molecule has 0 N–H and O–H groups in total. The van der Waals surface area contributed by atoms with Crippen LogP contribution in [0, 0.1) is 6.92 Å². The lowest BCUT2D eigenvalue weighted by molar-refractivity contribution is -0.00000300. The molecular weight excluding hydrogens is 317 g/mol. The van der Waals surface area contributed by atoms with Gasteiger partial charge in [0.05, 0.1) is 0 Å². The van der Waals surface area contributed by atoms with Crippen molar-refractivity contribution in [1.82, 2.24) is 4.98 Å². The summed E-state index contributed by atoms with van der Waals surface area (Å²) in [5, 5.41) is 1.32. The normalized spacial score (nSPS) is 11.5. The van der Waals surface area contributed by atoms with Gasteiger partial charge >= 0.3 is 0 Å². The van der Waals surface area contributed by atoms with Gasteiger partial charge < -0.3 is 24.0 Å². The Kier molecular flexibility index (Phi) is 4.99. The summed E-state index contributed by atoms with van der Waals surface area (Å²) in [5.41, 5.74) is 1.20. The van der Waals surface area contributed by atoms with E-state index in [0.29, 0.717) is 10.5 Å². The molecule has 2 aromatic rings. The lowest BCUT2D eigenvalue weighted by atomic mass is 10.3. The molecule has 82 valence electrons. The number of para-hydroxylation sites is 1. The molecule has 0 aliphatic heterocycles. The van der Waals surface area contributed by atoms with E-state index in [4.69, 9.17) is 0 Å². The van der Waals surface area contributed by atoms with Crippen molar-refractivity contribution in [2.45, 2.75) is 32.4 Å². The molecule has 1 aromatic heterocycles. The van der Waals surface area contributed by atoms with Gasteiger partial charge in [-0.25, -0.2) is 0 Å². The quantitative estimate of drug-likeness (QED) is 0.606. The third kappa shape index (κ3) is 2.69. The van der Waals surface area contributed by atoms with Crippen LogP contribution in [0.5, 0.6) is 0 Å². The lowest BCUT2D eigenvalue weighted by Crippen LogP contribution is -3.00. The van der Waals surface area contributed by atoms with Crippen molar-refractivity contribution in [1.29, 1.82) is 0 Å². The second-order valence-electron chi connectivity index (χ2n) is 3.55. The van der Waals surface area contributed by atoms with Gasteiger partial charge in [-0.05, 0) is 12.5 Å². The highest BCUT2D eigenvalue weighted by atomic mass is 127. The van der Waals surface area contributed by atoms with Crippen LogP contribution in [-0.4, -0.2) is 4.98 Å². The lowest BCUT2D eigenvalue weighted by Gasteiger charge is -1.89. The van der Waals surface area contributed by atoms with Crippen LogP contribution in [0.25, 0.3) is 10.2 Å². The highest BCUT2D eigenvalue weighted by Gasteiger charge is 2.17. The van der Waals surface area contributed by atoms with E-state index in [-0.39, 0.29) is 24.0 Å². The molecule has 1 atom stereocenters. The second-order valence-corrected chi connectivity index (χ2v) is 5.77. The molecule has 0 aliphatic carbocycles. The number of aromatic nitrogens is 1. The summed E-state index contributed by atoms with van der Waals surface area (Å²) in [6.07, 6.45) is 2.59. The molecule has 1 heterocycles. The van der Waals surface area contributed by atoms with Gasteiger partial charge in [-0.15, -0.1) is 0 Å². The third-order valence-electron chi connectivity index (χ3n) is 2.47. The van der Waals surface area contributed by atoms with Crippen LogP contribution in [0.15, 0.2) is 24.3 Å². The minimum absolute atomic E-state index is 0. The van der Waals surface area contributed by atoms with E-state index in [2.05, 4.69) is 43.1 Å². The molecule has 0 radical (unpaired) electrons. The Morgan fingerprint density at radius 2 is 2.00 bits per heavy atom. The fourth-order valence-electron chi connectivity index (χ4n) is 1.69. The predicted octanol–water partition coefficient (Wildman–Crippen LogP) is 1.10. The molecule has 3 heteroatoms. The number of hydrogen-bond donors (Lipinski definition) is 0. The van der Waals surface area contributed by atoms with E-state index in [1.807, 2.05) is 0 Å². The molecule has 0 fully saturated rings. The number of fused-ring (bicyclic) bond motifs is 1. The van der Waals surface area contributed by atoms with Crippen molar-refractivity contribution >= 4 is 20.7 Å². The van der Waals surface area contributed by atoms with Crippen LogP contribution in [0.4, 0.5) is 0 Å². The van der Waals surface area contributed by atoms with Gasteiger partial charge in [0.25, 0.3) is 0 Å². The molecule has 0 spiro atoms. The van der Waals surface area contributed by atoms with Gasteiger partial charge in [0.2, 0.25) is 9.71 Å². The van der Waals surface area contributed by atoms with E-state index < -0.39 is 0 Å². The van der Waals surface area contributed by atoms with Gasteiger partial charge in [0.15, 0.2) is 0 Å². The summed E-state index contributed by atoms with van der Waals surface area (Å²) in [7, 11) is 0.303. The Labute approximate surface area is 111 Å². The number of hydrogen-bond acceptors (Lipinski definition) is 1. The Morgan fingerprint density at radius 3 is 2.73 bits per heavy atom. The first kappa shape index (κ1) is 12.9. The van der Waals surface area contributed by atoms with E-state index >= 15 is 0 Å². The van der Waals surface area contributed by atoms with E-state index in [0.717, 1.165) is 0 Å². The van der Waals surface area contributed by atoms with E-state index in [1.54, 1.807) is 0 Å². The van der Waals surface area contributed by atoms with Crippen LogP contribution < -0.4 is 24.0 Å². The highest BCUT2D eigenvalue weighted by molar-refractivity contribution is 7.36. The van der Waals surface area contributed by atoms with Crippen molar-refractivity contribution in [3.63, 3.8) is 0 Å². The molecule has 0 aliphatic rings. The molecule has 1 nitrogen and oxygen atoms in total. The van der Waals surface area contributed by atoms with Crippen molar-refractivity contribution in [2.75, 3.05) is 0 Å². The molecule has 0 amide bonds. The first-order chi connectivity index (χ1) is 6.83. The second kappa shape index (κ2) is 5.80. The standard InChI is InChI=1S/C12H16NS.HI/c1-3-4-9-14-10(2)13-11-7-5-6-8-12(11)14;/h5-8H,3-4,9H2,1-2H3;1H/q+1;/p-1. The average molecular weight is 333 g/mol. The third-order valence-corrected chi connectivity index (χ3v) is 4.84. The van der Waals surface area contributed by atoms with Crippen LogP contribution in [-0.2, 0) is 5.75 Å². The fourth-order valence-corrected chi connectivity index (χ4v) is 3.92. The van der Waals surface area contributed by atoms with Gasteiger partial charge in [-0.2, -0.15) is 4.98 Å². The topological polar surface area (TPSA) is 12.9 Å². The molecule has 0 bridgehead atoms. The molecule has 1 aromatic carbocycles. The first-order valence-electron chi connectivity index (χ1n) is 5.18. The monoisotopic (exact) mass is 333 g/mol. The smallest absolute Gasteiger partial charge is 0.240 e. The van der Waals surface area contributed by atoms with Crippen molar-refractivity contribution in [2.24, 2.45) is 0 Å². The van der Waals surface area contributed by atoms with Crippen LogP contribution in [0.3, 0.4) is 0 Å². The van der Waals surface area contributed by atoms with Gasteiger partial charge in [0.1, 0.15) is 11.3 Å². The Hall–Kier alpha value is -0.160. The van der Waals surface area contributed by atoms with Crippen molar-refractivity contribution in [3.05, 3.63) is 29.3 Å². The Bertz CT molecular complexity index is 436. The predicted molar refractivity (Wildman–Crippen MR) is 63.9 cm³/mol. The number of nitrogens with zero attached hydrogens (tertiary/aromatic N) is 1. The number of rotatable bonds is 3. The number of benzene rings is 1. The molecule has 0 saturated carbocycles. The maximum absolute atomic E-state index is 4.62. The van der Waals surface area contributed by atoms with Crippen molar-refractivity contribution in [3.8, 4) is 0 Å². The van der Waals surface area contributed by atoms with Crippen LogP contribution in [0.2, 0.25) is 0 Å². The number of halogens is 1. The summed E-state index contributed by atoms with van der Waals surface area (Å²) >= 11 is 0. The fraction of sp³-hybridized carbons (Fsp3) is 0.417. The number of aryl methyl sites for hydroxylation is 2. The van der Waals surface area contributed by atoms with Crippen LogP contribution in [0.1, 0.15) is 24.8 Å². The largest absolute Gasteiger partial charge is 1.00 e. The number of thiazole rings is 1. The minimum atomic E-state index is 0. The van der Waals surface area contributed by atoms with Gasteiger partial charge in [-0.3, -0.25) is 0 Å². The summed E-state index contributed by atoms with van der Waals surface area (Å²) in [6.45, 7) is 4.41. The number of unbranched alkanes of at least 4 members (excludes halogenated alkanes) is 1. The summed E-state index contributed by atoms with van der Waals surface area (Å²) in [4.78, 5) is 4.62. The van der Waals surface area contributed by atoms with E-state index in [9.17, 15) is 0 Å². The molecule has 1 unspecified atom stereocenters. The molecule has 0 saturated heterocycles. The summed E-state index contributed by atoms with van der Waals surface area (Å²) in [6, 6.07) is 8.55. The maximum Gasteiger partial charge on any atom is 0.240 e. The van der Waals surface area contributed by atoms with Crippen molar-refractivity contribution < 1.29 is 24.0 Å². The Morgan fingerprint density at radius 1 is 1.27 bits per heavy atom. The minimum Gasteiger partial charge on any atom is -1.00 e. The molecular formula is C12H16INS. The zero-order chi connectivity index (χ0) is 9.97. The molecule has 15 heavy (non-hydrogen) atoms. The van der Waals surface area contributed by atoms with Crippen LogP contribution >= 0.6 is 10.5 Å². The molecule has 2 rings (SSSR count). The average Bonchev–Trinajstić information content (AvgIpc) is 2.51. The SMILES string of the molecule is CCCC[s+]1c(C)nc2ccccc21.[I-]. The first-order valence-corrected chi connectivity index (χ1v) is 6.57. The summed E-state index contributed by atoms with van der Waals surface area (Å²) in [5.74, 6) is 1.28. The maximum atomic E-state index is 4.62. The summed E-state index contributed by atoms with van der Waals surface area (Å²) < 4.78 is 1.46. The van der Waals surface area contributed by atoms with E-state index in [1.165, 1.54) is 33.8 Å². The van der Waals surface area contributed by atoms with Gasteiger partial charge in [0, 0.05) is 23.5 Å². The zero-order valence-corrected chi connectivity index (χ0v) is 12.1. The highest BCUT2D eigenvalue weighted by Crippen LogP contribution is 2.35. The zero-order valence-electron chi connectivity index (χ0n) is 9.16. The van der Waals surface area contributed by atoms with Gasteiger partial charge in [-0.1, -0.05) is 25.5 Å². The Balaban J connectivity index is 0.00000112.